The third kappa shape index (κ3) is 2.35. The molecule has 0 aromatic carbocycles. The van der Waals surface area contributed by atoms with Crippen molar-refractivity contribution in [1.29, 1.82) is 5.26 Å². The lowest BCUT2D eigenvalue weighted by Gasteiger charge is -2.28. The molecule has 1 saturated heterocycles. The van der Waals surface area contributed by atoms with Gasteiger partial charge in [-0.1, -0.05) is 12.8 Å². The standard InChI is InChI=1S/C12H18N2O2/c13-6-7-14(11-3-1-2-4-11)12(15)10-5-8-16-9-10/h10-11H,1-5,7-9H2. The van der Waals surface area contributed by atoms with Crippen molar-refractivity contribution in [1.82, 2.24) is 4.90 Å². The van der Waals surface area contributed by atoms with E-state index in [0.29, 0.717) is 19.3 Å². The Balaban J connectivity index is 1.99. The van der Waals surface area contributed by atoms with Gasteiger partial charge in [0.25, 0.3) is 0 Å². The minimum Gasteiger partial charge on any atom is -0.381 e. The molecule has 1 atom stereocenters. The maximum atomic E-state index is 12.2. The fourth-order valence-corrected chi connectivity index (χ4v) is 2.64. The smallest absolute Gasteiger partial charge is 0.229 e. The highest BCUT2D eigenvalue weighted by atomic mass is 16.5. The maximum Gasteiger partial charge on any atom is 0.229 e. The van der Waals surface area contributed by atoms with E-state index in [9.17, 15) is 4.79 Å². The average Bonchev–Trinajstić information content (AvgIpc) is 2.96. The highest BCUT2D eigenvalue weighted by molar-refractivity contribution is 5.79. The molecule has 4 nitrogen and oxygen atoms in total. The predicted molar refractivity (Wildman–Crippen MR) is 58.5 cm³/mol. The second kappa shape index (κ2) is 5.31. The average molecular weight is 222 g/mol. The van der Waals surface area contributed by atoms with E-state index in [-0.39, 0.29) is 18.4 Å². The molecule has 1 unspecified atom stereocenters. The SMILES string of the molecule is N#CCN(C(=O)C1CCOC1)C1CCCC1. The van der Waals surface area contributed by atoms with Crippen LogP contribution < -0.4 is 0 Å². The number of hydrogen-bond donors (Lipinski definition) is 0. The largest absolute Gasteiger partial charge is 0.381 e. The molecule has 1 saturated carbocycles. The van der Waals surface area contributed by atoms with Crippen molar-refractivity contribution >= 4 is 5.91 Å². The van der Waals surface area contributed by atoms with Gasteiger partial charge in [0.15, 0.2) is 0 Å². The summed E-state index contributed by atoms with van der Waals surface area (Å²) in [5, 5.41) is 8.81. The van der Waals surface area contributed by atoms with Gasteiger partial charge in [-0.2, -0.15) is 5.26 Å². The van der Waals surface area contributed by atoms with Crippen LogP contribution >= 0.6 is 0 Å². The maximum absolute atomic E-state index is 12.2. The van der Waals surface area contributed by atoms with E-state index in [4.69, 9.17) is 10.00 Å². The first-order valence-corrected chi connectivity index (χ1v) is 6.08. The highest BCUT2D eigenvalue weighted by Crippen LogP contribution is 2.26. The first-order chi connectivity index (χ1) is 7.83. The normalized spacial score (nSPS) is 25.6. The van der Waals surface area contributed by atoms with Gasteiger partial charge in [-0.15, -0.1) is 0 Å². The van der Waals surface area contributed by atoms with Gasteiger partial charge in [0.2, 0.25) is 5.91 Å². The summed E-state index contributed by atoms with van der Waals surface area (Å²) >= 11 is 0. The topological polar surface area (TPSA) is 53.3 Å². The van der Waals surface area contributed by atoms with Gasteiger partial charge in [0.05, 0.1) is 18.6 Å². The van der Waals surface area contributed by atoms with E-state index in [1.165, 1.54) is 12.8 Å². The zero-order valence-corrected chi connectivity index (χ0v) is 9.52. The van der Waals surface area contributed by atoms with Crippen LogP contribution in [0.25, 0.3) is 0 Å². The van der Waals surface area contributed by atoms with Crippen molar-refractivity contribution in [3.05, 3.63) is 0 Å². The Morgan fingerprint density at radius 1 is 1.38 bits per heavy atom. The summed E-state index contributed by atoms with van der Waals surface area (Å²) < 4.78 is 5.24. The molecule has 0 spiro atoms. The highest BCUT2D eigenvalue weighted by Gasteiger charge is 2.32. The number of nitriles is 1. The quantitative estimate of drug-likeness (QED) is 0.677. The molecule has 0 aromatic rings. The lowest BCUT2D eigenvalue weighted by molar-refractivity contribution is -0.137. The van der Waals surface area contributed by atoms with Gasteiger partial charge in [-0.05, 0) is 19.3 Å². The Morgan fingerprint density at radius 2 is 2.12 bits per heavy atom. The van der Waals surface area contributed by atoms with E-state index >= 15 is 0 Å². The molecule has 1 aliphatic heterocycles. The number of nitrogens with zero attached hydrogens (tertiary/aromatic N) is 2. The molecule has 0 N–H and O–H groups in total. The number of hydrogen-bond acceptors (Lipinski definition) is 3. The molecule has 1 amide bonds. The molecule has 1 heterocycles. The van der Waals surface area contributed by atoms with E-state index in [0.717, 1.165) is 19.3 Å². The van der Waals surface area contributed by atoms with Crippen LogP contribution in [0.1, 0.15) is 32.1 Å². The lowest BCUT2D eigenvalue weighted by Crippen LogP contribution is -2.42. The zero-order valence-electron chi connectivity index (χ0n) is 9.52. The molecular formula is C12H18N2O2. The van der Waals surface area contributed by atoms with Crippen LogP contribution in [0.2, 0.25) is 0 Å². The molecular weight excluding hydrogens is 204 g/mol. The van der Waals surface area contributed by atoms with Crippen LogP contribution in [0.4, 0.5) is 0 Å². The first kappa shape index (κ1) is 11.4. The van der Waals surface area contributed by atoms with Crippen molar-refractivity contribution in [2.75, 3.05) is 19.8 Å². The Morgan fingerprint density at radius 3 is 2.69 bits per heavy atom. The van der Waals surface area contributed by atoms with Crippen LogP contribution in [0, 0.1) is 17.2 Å². The fraction of sp³-hybridized carbons (Fsp3) is 0.833. The number of rotatable bonds is 3. The Hall–Kier alpha value is -1.08. The first-order valence-electron chi connectivity index (χ1n) is 6.08. The summed E-state index contributed by atoms with van der Waals surface area (Å²) in [6, 6.07) is 2.41. The van der Waals surface area contributed by atoms with Crippen LogP contribution in [0.5, 0.6) is 0 Å². The molecule has 2 fully saturated rings. The van der Waals surface area contributed by atoms with Crippen LogP contribution in [-0.4, -0.2) is 36.6 Å². The van der Waals surface area contributed by atoms with E-state index in [1.807, 2.05) is 0 Å². The molecule has 0 bridgehead atoms. The predicted octanol–water partition coefficient (Wildman–Crippen LogP) is 1.32. The molecule has 88 valence electrons. The summed E-state index contributed by atoms with van der Waals surface area (Å²) in [5.41, 5.74) is 0. The van der Waals surface area contributed by atoms with Crippen molar-refractivity contribution in [3.8, 4) is 6.07 Å². The minimum absolute atomic E-state index is 0.00560. The second-order valence-corrected chi connectivity index (χ2v) is 4.62. The number of amides is 1. The number of carbonyl (C=O) groups excluding carboxylic acids is 1. The van der Waals surface area contributed by atoms with Crippen molar-refractivity contribution in [2.24, 2.45) is 5.92 Å². The molecule has 16 heavy (non-hydrogen) atoms. The summed E-state index contributed by atoms with van der Waals surface area (Å²) in [7, 11) is 0. The second-order valence-electron chi connectivity index (χ2n) is 4.62. The Labute approximate surface area is 96.2 Å². The van der Waals surface area contributed by atoms with E-state index in [2.05, 4.69) is 6.07 Å². The van der Waals surface area contributed by atoms with Gasteiger partial charge < -0.3 is 9.64 Å². The molecule has 1 aliphatic carbocycles. The summed E-state index contributed by atoms with van der Waals surface area (Å²) in [5.74, 6) is 0.125. The summed E-state index contributed by atoms with van der Waals surface area (Å²) in [6.07, 6.45) is 5.29. The zero-order chi connectivity index (χ0) is 11.4. The van der Waals surface area contributed by atoms with Crippen molar-refractivity contribution in [2.45, 2.75) is 38.1 Å². The van der Waals surface area contributed by atoms with E-state index < -0.39 is 0 Å². The molecule has 4 heteroatoms. The molecule has 2 aliphatic rings. The summed E-state index contributed by atoms with van der Waals surface area (Å²) in [6.45, 7) is 1.45. The molecule has 0 aromatic heterocycles. The van der Waals surface area contributed by atoms with Gasteiger partial charge in [0, 0.05) is 12.6 Å². The van der Waals surface area contributed by atoms with Crippen LogP contribution in [-0.2, 0) is 9.53 Å². The van der Waals surface area contributed by atoms with Gasteiger partial charge in [-0.25, -0.2) is 0 Å². The van der Waals surface area contributed by atoms with Gasteiger partial charge in [-0.3, -0.25) is 4.79 Å². The Bertz CT molecular complexity index is 286. The minimum atomic E-state index is -0.00560. The fourth-order valence-electron chi connectivity index (χ4n) is 2.64. The van der Waals surface area contributed by atoms with Crippen molar-refractivity contribution in [3.63, 3.8) is 0 Å². The number of ether oxygens (including phenoxy) is 1. The third-order valence-corrected chi connectivity index (χ3v) is 3.57. The monoisotopic (exact) mass is 222 g/mol. The van der Waals surface area contributed by atoms with Gasteiger partial charge >= 0.3 is 0 Å². The molecule has 0 radical (unpaired) electrons. The lowest BCUT2D eigenvalue weighted by atomic mass is 10.1. The summed E-state index contributed by atoms with van der Waals surface area (Å²) in [4.78, 5) is 14.0. The van der Waals surface area contributed by atoms with Crippen molar-refractivity contribution < 1.29 is 9.53 Å². The van der Waals surface area contributed by atoms with E-state index in [1.54, 1.807) is 4.90 Å². The number of carbonyl (C=O) groups is 1. The molecule has 2 rings (SSSR count). The third-order valence-electron chi connectivity index (χ3n) is 3.57. The van der Waals surface area contributed by atoms with Crippen LogP contribution in [0.3, 0.4) is 0 Å². The Kier molecular flexibility index (Phi) is 3.79. The van der Waals surface area contributed by atoms with Gasteiger partial charge in [0.1, 0.15) is 6.54 Å². The van der Waals surface area contributed by atoms with Crippen LogP contribution in [0.15, 0.2) is 0 Å².